The molecule has 1 aromatic carbocycles. The van der Waals surface area contributed by atoms with Gasteiger partial charge in [0.1, 0.15) is 5.82 Å². The first-order valence-electron chi connectivity index (χ1n) is 5.40. The molecule has 0 unspecified atom stereocenters. The van der Waals surface area contributed by atoms with Gasteiger partial charge in [-0.1, -0.05) is 18.2 Å². The molecule has 0 saturated heterocycles. The lowest BCUT2D eigenvalue weighted by atomic mass is 10.1. The van der Waals surface area contributed by atoms with Crippen LogP contribution in [0.2, 0.25) is 0 Å². The summed E-state index contributed by atoms with van der Waals surface area (Å²) in [7, 11) is 0. The lowest BCUT2D eigenvalue weighted by Gasteiger charge is -2.15. The number of nitrogens with one attached hydrogen (secondary N) is 1. The molecule has 6 heteroatoms. The Hall–Kier alpha value is -2.21. The third-order valence-corrected chi connectivity index (χ3v) is 3.21. The molecule has 1 atom stereocenters. The Kier molecular flexibility index (Phi) is 3.91. The number of hydrogen-bond acceptors (Lipinski definition) is 3. The summed E-state index contributed by atoms with van der Waals surface area (Å²) in [6.07, 6.45) is 0. The van der Waals surface area contributed by atoms with Gasteiger partial charge in [-0.05, 0) is 17.5 Å². The van der Waals surface area contributed by atoms with Crippen molar-refractivity contribution in [2.45, 2.75) is 6.04 Å². The zero-order valence-electron chi connectivity index (χ0n) is 9.67. The molecule has 1 amide bonds. The second kappa shape index (κ2) is 5.62. The first-order chi connectivity index (χ1) is 9.09. The Labute approximate surface area is 112 Å². The van der Waals surface area contributed by atoms with E-state index in [4.69, 9.17) is 5.11 Å². The Morgan fingerprint density at radius 3 is 2.58 bits per heavy atom. The van der Waals surface area contributed by atoms with Crippen molar-refractivity contribution in [2.24, 2.45) is 0 Å². The van der Waals surface area contributed by atoms with Crippen LogP contribution in [0.15, 0.2) is 41.1 Å². The molecule has 0 radical (unpaired) electrons. The number of carboxylic acids is 1. The molecular formula is C13H10FNO3S. The van der Waals surface area contributed by atoms with E-state index in [1.54, 1.807) is 16.8 Å². The van der Waals surface area contributed by atoms with Crippen LogP contribution in [-0.4, -0.2) is 17.0 Å². The molecule has 0 bridgehead atoms. The maximum absolute atomic E-state index is 13.6. The first kappa shape index (κ1) is 13.2. The molecule has 2 aromatic rings. The van der Waals surface area contributed by atoms with Crippen LogP contribution in [0.1, 0.15) is 22.0 Å². The van der Waals surface area contributed by atoms with Gasteiger partial charge in [-0.25, -0.2) is 9.18 Å². The van der Waals surface area contributed by atoms with Gasteiger partial charge in [0.05, 0.1) is 5.56 Å². The molecule has 4 nitrogen and oxygen atoms in total. The number of benzene rings is 1. The van der Waals surface area contributed by atoms with E-state index in [1.807, 2.05) is 0 Å². The van der Waals surface area contributed by atoms with Crippen molar-refractivity contribution in [3.8, 4) is 0 Å². The van der Waals surface area contributed by atoms with Crippen LogP contribution in [0.25, 0.3) is 0 Å². The molecule has 1 aromatic heterocycles. The summed E-state index contributed by atoms with van der Waals surface area (Å²) >= 11 is 1.32. The average molecular weight is 279 g/mol. The Morgan fingerprint density at radius 1 is 1.26 bits per heavy atom. The normalized spacial score (nSPS) is 11.8. The minimum atomic E-state index is -1.41. The van der Waals surface area contributed by atoms with E-state index < -0.39 is 23.7 Å². The molecule has 0 fully saturated rings. The largest absolute Gasteiger partial charge is 0.479 e. The van der Waals surface area contributed by atoms with E-state index >= 15 is 0 Å². The maximum Gasteiger partial charge on any atom is 0.331 e. The molecule has 0 spiro atoms. The number of hydrogen-bond donors (Lipinski definition) is 2. The molecular weight excluding hydrogens is 269 g/mol. The predicted molar refractivity (Wildman–Crippen MR) is 68.6 cm³/mol. The van der Waals surface area contributed by atoms with Gasteiger partial charge in [-0.2, -0.15) is 11.3 Å². The summed E-state index contributed by atoms with van der Waals surface area (Å²) in [6.45, 7) is 0. The van der Waals surface area contributed by atoms with Crippen molar-refractivity contribution < 1.29 is 19.1 Å². The van der Waals surface area contributed by atoms with Crippen LogP contribution >= 0.6 is 11.3 Å². The van der Waals surface area contributed by atoms with Gasteiger partial charge in [0.2, 0.25) is 0 Å². The highest BCUT2D eigenvalue weighted by Gasteiger charge is 2.25. The molecule has 0 saturated carbocycles. The second-order valence-electron chi connectivity index (χ2n) is 3.78. The van der Waals surface area contributed by atoms with Crippen molar-refractivity contribution in [3.63, 3.8) is 0 Å². The topological polar surface area (TPSA) is 66.4 Å². The SMILES string of the molecule is O=C(N[C@H](C(=O)O)c1ccccc1F)c1ccsc1. The molecule has 1 heterocycles. The van der Waals surface area contributed by atoms with Crippen LogP contribution in [0.3, 0.4) is 0 Å². The van der Waals surface area contributed by atoms with Gasteiger partial charge >= 0.3 is 5.97 Å². The van der Waals surface area contributed by atoms with Crippen LogP contribution in [-0.2, 0) is 4.79 Å². The number of halogens is 1. The quantitative estimate of drug-likeness (QED) is 0.903. The van der Waals surface area contributed by atoms with Crippen LogP contribution in [0, 0.1) is 5.82 Å². The number of thiophene rings is 1. The Balaban J connectivity index is 2.25. The van der Waals surface area contributed by atoms with E-state index in [2.05, 4.69) is 5.32 Å². The van der Waals surface area contributed by atoms with Gasteiger partial charge in [0, 0.05) is 10.9 Å². The van der Waals surface area contributed by atoms with Crippen molar-refractivity contribution in [2.75, 3.05) is 0 Å². The van der Waals surface area contributed by atoms with Crippen molar-refractivity contribution >= 4 is 23.2 Å². The number of carboxylic acid groups (broad SMARTS) is 1. The van der Waals surface area contributed by atoms with Gasteiger partial charge in [0.15, 0.2) is 6.04 Å². The van der Waals surface area contributed by atoms with Gasteiger partial charge in [-0.3, -0.25) is 4.79 Å². The monoisotopic (exact) mass is 279 g/mol. The third kappa shape index (κ3) is 2.97. The van der Waals surface area contributed by atoms with Crippen LogP contribution in [0.4, 0.5) is 4.39 Å². The number of amides is 1. The number of aliphatic carboxylic acids is 1. The molecule has 98 valence electrons. The minimum Gasteiger partial charge on any atom is -0.479 e. The zero-order chi connectivity index (χ0) is 13.8. The highest BCUT2D eigenvalue weighted by Crippen LogP contribution is 2.18. The number of carbonyl (C=O) groups is 2. The fraction of sp³-hybridized carbons (Fsp3) is 0.0769. The molecule has 2 N–H and O–H groups in total. The zero-order valence-corrected chi connectivity index (χ0v) is 10.5. The summed E-state index contributed by atoms with van der Waals surface area (Å²) in [6, 6.07) is 5.63. The fourth-order valence-corrected chi connectivity index (χ4v) is 2.23. The molecule has 19 heavy (non-hydrogen) atoms. The average Bonchev–Trinajstić information content (AvgIpc) is 2.90. The summed E-state index contributed by atoms with van der Waals surface area (Å²) in [5.74, 6) is -2.52. The van der Waals surface area contributed by atoms with Crippen LogP contribution in [0.5, 0.6) is 0 Å². The van der Waals surface area contributed by atoms with Crippen LogP contribution < -0.4 is 5.32 Å². The van der Waals surface area contributed by atoms with Gasteiger partial charge < -0.3 is 10.4 Å². The predicted octanol–water partition coefficient (Wildman–Crippen LogP) is 2.44. The minimum absolute atomic E-state index is 0.0708. The van der Waals surface area contributed by atoms with Crippen molar-refractivity contribution in [1.82, 2.24) is 5.32 Å². The van der Waals surface area contributed by atoms with E-state index in [-0.39, 0.29) is 5.56 Å². The van der Waals surface area contributed by atoms with Gasteiger partial charge in [0.25, 0.3) is 5.91 Å². The Morgan fingerprint density at radius 2 is 2.00 bits per heavy atom. The lowest BCUT2D eigenvalue weighted by Crippen LogP contribution is -2.34. The first-order valence-corrected chi connectivity index (χ1v) is 6.34. The molecule has 2 rings (SSSR count). The van der Waals surface area contributed by atoms with E-state index in [9.17, 15) is 14.0 Å². The van der Waals surface area contributed by atoms with E-state index in [0.29, 0.717) is 5.56 Å². The maximum atomic E-state index is 13.6. The molecule has 0 aliphatic heterocycles. The van der Waals surface area contributed by atoms with Gasteiger partial charge in [-0.15, -0.1) is 0 Å². The second-order valence-corrected chi connectivity index (χ2v) is 4.56. The van der Waals surface area contributed by atoms with E-state index in [0.717, 1.165) is 6.07 Å². The Bertz CT molecular complexity index is 598. The highest BCUT2D eigenvalue weighted by atomic mass is 32.1. The third-order valence-electron chi connectivity index (χ3n) is 2.52. The van der Waals surface area contributed by atoms with E-state index in [1.165, 1.54) is 29.5 Å². The summed E-state index contributed by atoms with van der Waals surface area (Å²) in [5, 5.41) is 14.7. The fourth-order valence-electron chi connectivity index (χ4n) is 1.59. The standard InChI is InChI=1S/C13H10FNO3S/c14-10-4-2-1-3-9(10)11(13(17)18)15-12(16)8-5-6-19-7-8/h1-7,11H,(H,15,16)(H,17,18)/t11-/m0/s1. The summed E-state index contributed by atoms with van der Waals surface area (Å²) in [4.78, 5) is 23.0. The lowest BCUT2D eigenvalue weighted by molar-refractivity contribution is -0.139. The number of rotatable bonds is 4. The smallest absolute Gasteiger partial charge is 0.331 e. The summed E-state index contributed by atoms with van der Waals surface area (Å²) in [5.41, 5.74) is 0.283. The molecule has 0 aliphatic rings. The molecule has 0 aliphatic carbocycles. The highest BCUT2D eigenvalue weighted by molar-refractivity contribution is 7.08. The van der Waals surface area contributed by atoms with Crippen molar-refractivity contribution in [1.29, 1.82) is 0 Å². The van der Waals surface area contributed by atoms with Crippen molar-refractivity contribution in [3.05, 3.63) is 58.0 Å². The number of carbonyl (C=O) groups excluding carboxylic acids is 1. The summed E-state index contributed by atoms with van der Waals surface area (Å²) < 4.78 is 13.6.